The third-order valence-electron chi connectivity index (χ3n) is 2.38. The monoisotopic (exact) mass is 207 g/mol. The van der Waals surface area contributed by atoms with Crippen LogP contribution in [0.3, 0.4) is 0 Å². The molecule has 1 rings (SSSR count). The summed E-state index contributed by atoms with van der Waals surface area (Å²) in [7, 11) is 0. The van der Waals surface area contributed by atoms with E-state index in [9.17, 15) is 4.79 Å². The predicted octanol–water partition coefficient (Wildman–Crippen LogP) is 1.58. The highest BCUT2D eigenvalue weighted by Gasteiger charge is 2.15. The molecule has 82 valence electrons. The fraction of sp³-hybridized carbons (Fsp3) is 0.545. The topological polar surface area (TPSA) is 46.1 Å². The van der Waals surface area contributed by atoms with Crippen LogP contribution in [0, 0.1) is 13.8 Å². The molecule has 0 aromatic carbocycles. The first kappa shape index (κ1) is 11.6. The lowest BCUT2D eigenvalue weighted by atomic mass is 10.1. The maximum Gasteiger partial charge on any atom is 0.255 e. The zero-order valence-corrected chi connectivity index (χ0v) is 9.74. The molecule has 0 atom stereocenters. The third-order valence-corrected chi connectivity index (χ3v) is 2.38. The van der Waals surface area contributed by atoms with Crippen molar-refractivity contribution < 1.29 is 4.79 Å². The van der Waals surface area contributed by atoms with E-state index in [2.05, 4.69) is 10.2 Å². The van der Waals surface area contributed by atoms with Gasteiger partial charge in [-0.05, 0) is 33.8 Å². The molecule has 0 aliphatic rings. The van der Waals surface area contributed by atoms with Crippen molar-refractivity contribution in [3.8, 4) is 0 Å². The Labute approximate surface area is 90.3 Å². The van der Waals surface area contributed by atoms with Crippen LogP contribution in [0.25, 0.3) is 0 Å². The second kappa shape index (κ2) is 4.87. The van der Waals surface area contributed by atoms with E-state index in [1.807, 2.05) is 27.7 Å². The minimum Gasteiger partial charge on any atom is -0.339 e. The van der Waals surface area contributed by atoms with Gasteiger partial charge in [0.2, 0.25) is 0 Å². The Morgan fingerprint density at radius 3 is 2.40 bits per heavy atom. The summed E-state index contributed by atoms with van der Waals surface area (Å²) >= 11 is 0. The van der Waals surface area contributed by atoms with Gasteiger partial charge in [0.25, 0.3) is 5.91 Å². The van der Waals surface area contributed by atoms with Gasteiger partial charge in [0.1, 0.15) is 0 Å². The Hall–Kier alpha value is -1.45. The van der Waals surface area contributed by atoms with Crippen molar-refractivity contribution in [1.29, 1.82) is 0 Å². The lowest BCUT2D eigenvalue weighted by Crippen LogP contribution is -2.31. The molecule has 1 aromatic heterocycles. The maximum atomic E-state index is 12.0. The quantitative estimate of drug-likeness (QED) is 0.756. The molecule has 0 N–H and O–H groups in total. The molecule has 0 aliphatic heterocycles. The van der Waals surface area contributed by atoms with Crippen molar-refractivity contribution in [2.24, 2.45) is 0 Å². The molecule has 0 saturated heterocycles. The molecule has 1 aromatic rings. The lowest BCUT2D eigenvalue weighted by Gasteiger charge is -2.19. The number of rotatable bonds is 3. The zero-order chi connectivity index (χ0) is 11.4. The lowest BCUT2D eigenvalue weighted by molar-refractivity contribution is 0.0771. The van der Waals surface area contributed by atoms with E-state index in [0.29, 0.717) is 11.3 Å². The first-order valence-corrected chi connectivity index (χ1v) is 5.20. The van der Waals surface area contributed by atoms with Crippen LogP contribution in [0.5, 0.6) is 0 Å². The van der Waals surface area contributed by atoms with Gasteiger partial charge in [-0.2, -0.15) is 10.2 Å². The minimum absolute atomic E-state index is 0.0375. The van der Waals surface area contributed by atoms with Crippen LogP contribution in [0.4, 0.5) is 0 Å². The highest BCUT2D eigenvalue weighted by atomic mass is 16.2. The summed E-state index contributed by atoms with van der Waals surface area (Å²) in [6, 6.07) is 1.79. The van der Waals surface area contributed by atoms with Gasteiger partial charge in [0.05, 0.1) is 17.0 Å². The van der Waals surface area contributed by atoms with Gasteiger partial charge in [-0.25, -0.2) is 0 Å². The van der Waals surface area contributed by atoms with Crippen molar-refractivity contribution in [2.45, 2.75) is 27.7 Å². The molecule has 0 radical (unpaired) electrons. The van der Waals surface area contributed by atoms with Gasteiger partial charge in [-0.15, -0.1) is 0 Å². The average Bonchev–Trinajstić information content (AvgIpc) is 2.23. The Bertz CT molecular complexity index is 359. The number of amides is 1. The normalized spacial score (nSPS) is 10.1. The van der Waals surface area contributed by atoms with E-state index in [0.717, 1.165) is 18.8 Å². The second-order valence-corrected chi connectivity index (χ2v) is 3.46. The Morgan fingerprint density at radius 2 is 1.87 bits per heavy atom. The molecule has 0 bridgehead atoms. The third kappa shape index (κ3) is 2.52. The van der Waals surface area contributed by atoms with Crippen LogP contribution >= 0.6 is 0 Å². The molecular weight excluding hydrogens is 190 g/mol. The van der Waals surface area contributed by atoms with E-state index in [1.54, 1.807) is 11.0 Å². The van der Waals surface area contributed by atoms with E-state index >= 15 is 0 Å². The fourth-order valence-corrected chi connectivity index (χ4v) is 1.45. The summed E-state index contributed by atoms with van der Waals surface area (Å²) in [5.74, 6) is 0.0375. The van der Waals surface area contributed by atoms with E-state index in [4.69, 9.17) is 0 Å². The van der Waals surface area contributed by atoms with E-state index in [1.165, 1.54) is 0 Å². The Morgan fingerprint density at radius 1 is 1.27 bits per heavy atom. The smallest absolute Gasteiger partial charge is 0.255 e. The average molecular weight is 207 g/mol. The van der Waals surface area contributed by atoms with Crippen molar-refractivity contribution in [3.05, 3.63) is 23.0 Å². The summed E-state index contributed by atoms with van der Waals surface area (Å²) < 4.78 is 0. The minimum atomic E-state index is 0.0375. The predicted molar refractivity (Wildman–Crippen MR) is 58.8 cm³/mol. The summed E-state index contributed by atoms with van der Waals surface area (Å²) in [5, 5.41) is 7.87. The fourth-order valence-electron chi connectivity index (χ4n) is 1.45. The molecule has 15 heavy (non-hydrogen) atoms. The van der Waals surface area contributed by atoms with Gasteiger partial charge in [-0.3, -0.25) is 4.79 Å². The summed E-state index contributed by atoms with van der Waals surface area (Å²) in [6.07, 6.45) is 0. The summed E-state index contributed by atoms with van der Waals surface area (Å²) in [6.45, 7) is 9.03. The van der Waals surface area contributed by atoms with E-state index < -0.39 is 0 Å². The molecular formula is C11H17N3O. The first-order chi connectivity index (χ1) is 7.10. The zero-order valence-electron chi connectivity index (χ0n) is 9.74. The number of hydrogen-bond donors (Lipinski definition) is 0. The van der Waals surface area contributed by atoms with Crippen LogP contribution in [0.1, 0.15) is 35.6 Å². The maximum absolute atomic E-state index is 12.0. The van der Waals surface area contributed by atoms with Gasteiger partial charge in [0.15, 0.2) is 0 Å². The first-order valence-electron chi connectivity index (χ1n) is 5.20. The number of carbonyl (C=O) groups excluding carboxylic acids is 1. The highest BCUT2D eigenvalue weighted by molar-refractivity contribution is 5.95. The van der Waals surface area contributed by atoms with Gasteiger partial charge >= 0.3 is 0 Å². The molecule has 0 fully saturated rings. The van der Waals surface area contributed by atoms with Crippen molar-refractivity contribution in [1.82, 2.24) is 15.1 Å². The summed E-state index contributed by atoms with van der Waals surface area (Å²) in [5.41, 5.74) is 2.12. The van der Waals surface area contributed by atoms with Crippen molar-refractivity contribution in [3.63, 3.8) is 0 Å². The van der Waals surface area contributed by atoms with Gasteiger partial charge in [0, 0.05) is 13.1 Å². The molecule has 1 amide bonds. The number of carbonyl (C=O) groups is 1. The second-order valence-electron chi connectivity index (χ2n) is 3.46. The van der Waals surface area contributed by atoms with Crippen LogP contribution in [-0.2, 0) is 0 Å². The molecule has 4 nitrogen and oxygen atoms in total. The molecule has 0 saturated carbocycles. The SMILES string of the molecule is CCN(CC)C(=O)c1cc(C)nnc1C. The standard InChI is InChI=1S/C11H17N3O/c1-5-14(6-2)11(15)10-7-8(3)12-13-9(10)4/h7H,5-6H2,1-4H3. The molecule has 0 unspecified atom stereocenters. The molecule has 4 heteroatoms. The molecule has 1 heterocycles. The molecule has 0 aliphatic carbocycles. The number of aromatic nitrogens is 2. The van der Waals surface area contributed by atoms with Crippen LogP contribution in [-0.4, -0.2) is 34.1 Å². The Balaban J connectivity index is 3.04. The van der Waals surface area contributed by atoms with Crippen LogP contribution in [0.15, 0.2) is 6.07 Å². The number of aryl methyl sites for hydroxylation is 2. The van der Waals surface area contributed by atoms with Crippen LogP contribution in [0.2, 0.25) is 0 Å². The van der Waals surface area contributed by atoms with Gasteiger partial charge < -0.3 is 4.90 Å². The largest absolute Gasteiger partial charge is 0.339 e. The van der Waals surface area contributed by atoms with E-state index in [-0.39, 0.29) is 5.91 Å². The number of nitrogens with zero attached hydrogens (tertiary/aromatic N) is 3. The van der Waals surface area contributed by atoms with Crippen molar-refractivity contribution in [2.75, 3.05) is 13.1 Å². The van der Waals surface area contributed by atoms with Gasteiger partial charge in [-0.1, -0.05) is 0 Å². The van der Waals surface area contributed by atoms with Crippen LogP contribution < -0.4 is 0 Å². The Kier molecular flexibility index (Phi) is 3.77. The number of hydrogen-bond acceptors (Lipinski definition) is 3. The van der Waals surface area contributed by atoms with Crippen molar-refractivity contribution >= 4 is 5.91 Å². The molecule has 0 spiro atoms. The highest BCUT2D eigenvalue weighted by Crippen LogP contribution is 2.09. The summed E-state index contributed by atoms with van der Waals surface area (Å²) in [4.78, 5) is 13.8.